The predicted molar refractivity (Wildman–Crippen MR) is 106 cm³/mol. The summed E-state index contributed by atoms with van der Waals surface area (Å²) in [6, 6.07) is 14.9. The van der Waals surface area contributed by atoms with Gasteiger partial charge in [-0.25, -0.2) is 4.98 Å². The zero-order chi connectivity index (χ0) is 19.7. The highest BCUT2D eigenvalue weighted by molar-refractivity contribution is 6.07. The van der Waals surface area contributed by atoms with Crippen molar-refractivity contribution in [1.29, 1.82) is 0 Å². The van der Waals surface area contributed by atoms with Gasteiger partial charge in [0.25, 0.3) is 0 Å². The van der Waals surface area contributed by atoms with Gasteiger partial charge in [0.15, 0.2) is 11.6 Å². The van der Waals surface area contributed by atoms with Crippen LogP contribution in [0, 0.1) is 6.92 Å². The summed E-state index contributed by atoms with van der Waals surface area (Å²) in [5.74, 6) is 0.223. The summed E-state index contributed by atoms with van der Waals surface area (Å²) in [6.07, 6.45) is 3.14. The summed E-state index contributed by atoms with van der Waals surface area (Å²) < 4.78 is 3.26. The van der Waals surface area contributed by atoms with E-state index in [4.69, 9.17) is 0 Å². The predicted octanol–water partition coefficient (Wildman–Crippen LogP) is 2.95. The number of hydrogen-bond donors (Lipinski definition) is 1. The standard InChI is InChI=1S/C21H19N5O2/c1-14-7-9-15(10-8-14)19(28)21-22-11-12-26(21)13-18(27)23-20-16-5-3-4-6-17(16)25(2)24-20/h3-12H,13H2,1-2H3,(H,23,24,27). The van der Waals surface area contributed by atoms with E-state index in [1.54, 1.807) is 27.6 Å². The molecule has 2 heterocycles. The topological polar surface area (TPSA) is 81.8 Å². The van der Waals surface area contributed by atoms with E-state index >= 15 is 0 Å². The van der Waals surface area contributed by atoms with Gasteiger partial charge in [0.2, 0.25) is 11.7 Å². The monoisotopic (exact) mass is 373 g/mol. The van der Waals surface area contributed by atoms with E-state index in [1.807, 2.05) is 50.4 Å². The molecular weight excluding hydrogens is 354 g/mol. The van der Waals surface area contributed by atoms with Gasteiger partial charge in [0.1, 0.15) is 6.54 Å². The van der Waals surface area contributed by atoms with Gasteiger partial charge in [-0.15, -0.1) is 0 Å². The van der Waals surface area contributed by atoms with E-state index in [-0.39, 0.29) is 24.1 Å². The lowest BCUT2D eigenvalue weighted by Crippen LogP contribution is -2.22. The first-order valence-corrected chi connectivity index (χ1v) is 8.87. The second-order valence-electron chi connectivity index (χ2n) is 6.61. The molecule has 4 aromatic rings. The number of nitrogens with one attached hydrogen (secondary N) is 1. The molecule has 2 aromatic heterocycles. The van der Waals surface area contributed by atoms with Crippen LogP contribution in [0.15, 0.2) is 60.9 Å². The van der Waals surface area contributed by atoms with Crippen LogP contribution < -0.4 is 5.32 Å². The summed E-state index contributed by atoms with van der Waals surface area (Å²) in [5, 5.41) is 8.05. The number of rotatable bonds is 5. The summed E-state index contributed by atoms with van der Waals surface area (Å²) in [7, 11) is 1.83. The van der Waals surface area contributed by atoms with Crippen molar-refractivity contribution < 1.29 is 9.59 Å². The van der Waals surface area contributed by atoms with Crippen LogP contribution in [0.25, 0.3) is 10.9 Å². The zero-order valence-corrected chi connectivity index (χ0v) is 15.6. The molecule has 0 unspecified atom stereocenters. The number of aryl methyl sites for hydroxylation is 2. The largest absolute Gasteiger partial charge is 0.319 e. The molecule has 0 aliphatic heterocycles. The summed E-state index contributed by atoms with van der Waals surface area (Å²) in [5.41, 5.74) is 2.53. The molecule has 7 nitrogen and oxygen atoms in total. The maximum Gasteiger partial charge on any atom is 0.245 e. The number of fused-ring (bicyclic) bond motifs is 1. The smallest absolute Gasteiger partial charge is 0.245 e. The Morgan fingerprint density at radius 1 is 1.07 bits per heavy atom. The number of para-hydroxylation sites is 1. The number of carbonyl (C=O) groups excluding carboxylic acids is 2. The SMILES string of the molecule is Cc1ccc(C(=O)c2nccn2CC(=O)Nc2nn(C)c3ccccc23)cc1. The van der Waals surface area contributed by atoms with Crippen LogP contribution >= 0.6 is 0 Å². The molecule has 1 amide bonds. The number of aromatic nitrogens is 4. The van der Waals surface area contributed by atoms with E-state index in [0.717, 1.165) is 16.5 Å². The molecule has 0 saturated heterocycles. The fraction of sp³-hybridized carbons (Fsp3) is 0.143. The van der Waals surface area contributed by atoms with E-state index in [9.17, 15) is 9.59 Å². The van der Waals surface area contributed by atoms with Gasteiger partial charge in [-0.3, -0.25) is 14.3 Å². The lowest BCUT2D eigenvalue weighted by Gasteiger charge is -2.07. The minimum absolute atomic E-state index is 0.0299. The number of benzene rings is 2. The Hall–Kier alpha value is -3.74. The van der Waals surface area contributed by atoms with Gasteiger partial charge in [-0.1, -0.05) is 42.0 Å². The highest BCUT2D eigenvalue weighted by atomic mass is 16.2. The van der Waals surface area contributed by atoms with Crippen LogP contribution in [-0.4, -0.2) is 31.0 Å². The first-order chi connectivity index (χ1) is 13.5. The molecule has 1 N–H and O–H groups in total. The average Bonchev–Trinajstić information content (AvgIpc) is 3.27. The van der Waals surface area contributed by atoms with Crippen LogP contribution in [0.4, 0.5) is 5.82 Å². The number of carbonyl (C=O) groups is 2. The number of ketones is 1. The zero-order valence-electron chi connectivity index (χ0n) is 15.6. The quantitative estimate of drug-likeness (QED) is 0.545. The Kier molecular flexibility index (Phi) is 4.49. The maximum absolute atomic E-state index is 12.7. The lowest BCUT2D eigenvalue weighted by atomic mass is 10.1. The third-order valence-corrected chi connectivity index (χ3v) is 4.56. The van der Waals surface area contributed by atoms with Gasteiger partial charge in [0, 0.05) is 30.4 Å². The Morgan fingerprint density at radius 3 is 2.61 bits per heavy atom. The van der Waals surface area contributed by atoms with Crippen molar-refractivity contribution in [1.82, 2.24) is 19.3 Å². The van der Waals surface area contributed by atoms with Crippen LogP contribution in [0.1, 0.15) is 21.7 Å². The second-order valence-corrected chi connectivity index (χ2v) is 6.61. The first-order valence-electron chi connectivity index (χ1n) is 8.87. The van der Waals surface area contributed by atoms with E-state index in [1.165, 1.54) is 6.20 Å². The van der Waals surface area contributed by atoms with E-state index < -0.39 is 0 Å². The van der Waals surface area contributed by atoms with Crippen molar-refractivity contribution in [2.24, 2.45) is 7.05 Å². The van der Waals surface area contributed by atoms with Crippen LogP contribution in [0.2, 0.25) is 0 Å². The third-order valence-electron chi connectivity index (χ3n) is 4.56. The molecule has 0 aliphatic rings. The Labute approximate surface area is 161 Å². The summed E-state index contributed by atoms with van der Waals surface area (Å²) in [6.45, 7) is 1.93. The molecule has 0 aliphatic carbocycles. The Bertz CT molecular complexity index is 1170. The highest BCUT2D eigenvalue weighted by Crippen LogP contribution is 2.21. The average molecular weight is 373 g/mol. The third kappa shape index (κ3) is 3.29. The molecule has 0 fully saturated rings. The maximum atomic E-state index is 12.7. The normalized spacial score (nSPS) is 10.9. The van der Waals surface area contributed by atoms with Crippen molar-refractivity contribution in [2.75, 3.05) is 5.32 Å². The van der Waals surface area contributed by atoms with Crippen LogP contribution in [0.3, 0.4) is 0 Å². The number of hydrogen-bond acceptors (Lipinski definition) is 4. The minimum atomic E-state index is -0.278. The van der Waals surface area contributed by atoms with E-state index in [0.29, 0.717) is 11.4 Å². The highest BCUT2D eigenvalue weighted by Gasteiger charge is 2.18. The van der Waals surface area contributed by atoms with Crippen molar-refractivity contribution in [3.63, 3.8) is 0 Å². The fourth-order valence-electron chi connectivity index (χ4n) is 3.11. The van der Waals surface area contributed by atoms with Gasteiger partial charge < -0.3 is 9.88 Å². The summed E-state index contributed by atoms with van der Waals surface area (Å²) >= 11 is 0. The lowest BCUT2D eigenvalue weighted by molar-refractivity contribution is -0.116. The number of imidazole rings is 1. The van der Waals surface area contributed by atoms with Crippen LogP contribution in [0.5, 0.6) is 0 Å². The Morgan fingerprint density at radius 2 is 1.82 bits per heavy atom. The molecule has 140 valence electrons. The fourth-order valence-corrected chi connectivity index (χ4v) is 3.11. The molecule has 7 heteroatoms. The molecule has 2 aromatic carbocycles. The van der Waals surface area contributed by atoms with Crippen molar-refractivity contribution >= 4 is 28.4 Å². The van der Waals surface area contributed by atoms with Gasteiger partial charge in [0.05, 0.1) is 5.52 Å². The molecule has 28 heavy (non-hydrogen) atoms. The molecule has 4 rings (SSSR count). The van der Waals surface area contributed by atoms with E-state index in [2.05, 4.69) is 15.4 Å². The van der Waals surface area contributed by atoms with Gasteiger partial charge in [-0.2, -0.15) is 5.10 Å². The summed E-state index contributed by atoms with van der Waals surface area (Å²) in [4.78, 5) is 29.4. The molecule has 0 spiro atoms. The number of anilines is 1. The molecule has 0 radical (unpaired) electrons. The van der Waals surface area contributed by atoms with Gasteiger partial charge >= 0.3 is 0 Å². The molecule has 0 atom stereocenters. The Balaban J connectivity index is 1.53. The molecular formula is C21H19N5O2. The second kappa shape index (κ2) is 7.11. The van der Waals surface area contributed by atoms with Gasteiger partial charge in [-0.05, 0) is 19.1 Å². The molecule has 0 saturated carbocycles. The van der Waals surface area contributed by atoms with Crippen molar-refractivity contribution in [3.05, 3.63) is 77.9 Å². The molecule has 0 bridgehead atoms. The number of amides is 1. The minimum Gasteiger partial charge on any atom is -0.319 e. The van der Waals surface area contributed by atoms with Crippen LogP contribution in [-0.2, 0) is 18.4 Å². The number of nitrogens with zero attached hydrogens (tertiary/aromatic N) is 4. The van der Waals surface area contributed by atoms with Crippen molar-refractivity contribution in [3.8, 4) is 0 Å². The first kappa shape index (κ1) is 17.7. The van der Waals surface area contributed by atoms with Crippen molar-refractivity contribution in [2.45, 2.75) is 13.5 Å².